The summed E-state index contributed by atoms with van der Waals surface area (Å²) in [5.74, 6) is 0.0317. The Bertz CT molecular complexity index is 995. The van der Waals surface area contributed by atoms with Crippen molar-refractivity contribution in [2.75, 3.05) is 26.4 Å². The van der Waals surface area contributed by atoms with Crippen LogP contribution in [0, 0.1) is 5.82 Å². The van der Waals surface area contributed by atoms with Gasteiger partial charge in [-0.05, 0) is 47.5 Å². The predicted octanol–water partition coefficient (Wildman–Crippen LogP) is 3.70. The number of hydrogen-bond acceptors (Lipinski definition) is 4. The summed E-state index contributed by atoms with van der Waals surface area (Å²) in [6.07, 6.45) is 1.17. The lowest BCUT2D eigenvalue weighted by Crippen LogP contribution is -2.37. The van der Waals surface area contributed by atoms with Crippen LogP contribution in [0.15, 0.2) is 47.5 Å². The van der Waals surface area contributed by atoms with E-state index in [4.69, 9.17) is 0 Å². The Labute approximate surface area is 208 Å². The smallest absolute Gasteiger partial charge is 0.191 e. The van der Waals surface area contributed by atoms with Crippen LogP contribution < -0.4 is 10.6 Å². The molecule has 0 unspecified atom stereocenters. The first-order valence-electron chi connectivity index (χ1n) is 10.4. The van der Waals surface area contributed by atoms with E-state index in [1.54, 1.807) is 7.05 Å². The van der Waals surface area contributed by atoms with E-state index in [1.165, 1.54) is 35.6 Å². The number of benzene rings is 2. The monoisotopic (exact) mass is 576 g/mol. The number of nitrogens with one attached hydrogen (secondary N) is 2. The molecule has 2 rings (SSSR count). The van der Waals surface area contributed by atoms with Gasteiger partial charge in [-0.15, -0.1) is 24.0 Å². The van der Waals surface area contributed by atoms with Gasteiger partial charge in [0.25, 0.3) is 0 Å². The first kappa shape index (κ1) is 28.3. The average Bonchev–Trinajstić information content (AvgIpc) is 2.73. The predicted molar refractivity (Wildman–Crippen MR) is 140 cm³/mol. The molecule has 0 atom stereocenters. The molecule has 0 aliphatic carbocycles. The molecule has 178 valence electrons. The number of halogens is 2. The molecule has 0 fully saturated rings. The fraction of sp³-hybridized carbons (Fsp3) is 0.435. The van der Waals surface area contributed by atoms with Crippen LogP contribution in [-0.4, -0.2) is 45.7 Å². The molecule has 9 heteroatoms. The average molecular weight is 577 g/mol. The number of sulfone groups is 1. The molecule has 0 aliphatic heterocycles. The van der Waals surface area contributed by atoms with Crippen molar-refractivity contribution in [1.29, 1.82) is 0 Å². The molecule has 0 heterocycles. The highest BCUT2D eigenvalue weighted by atomic mass is 127. The Morgan fingerprint density at radius 1 is 0.969 bits per heavy atom. The van der Waals surface area contributed by atoms with Gasteiger partial charge in [0.05, 0.1) is 5.75 Å². The summed E-state index contributed by atoms with van der Waals surface area (Å²) >= 11 is 0. The Hall–Kier alpha value is -1.72. The topological polar surface area (TPSA) is 73.8 Å². The lowest BCUT2D eigenvalue weighted by Gasteiger charge is -2.21. The Morgan fingerprint density at radius 2 is 1.56 bits per heavy atom. The Kier molecular flexibility index (Phi) is 12.2. The molecular weight excluding hydrogens is 542 g/mol. The molecule has 0 aromatic heterocycles. The molecule has 0 spiro atoms. The van der Waals surface area contributed by atoms with Crippen molar-refractivity contribution in [2.45, 2.75) is 39.2 Å². The van der Waals surface area contributed by atoms with Crippen LogP contribution in [0.5, 0.6) is 0 Å². The zero-order valence-electron chi connectivity index (χ0n) is 19.2. The second kappa shape index (κ2) is 13.7. The molecular formula is C23H34FIN4O2S. The summed E-state index contributed by atoms with van der Waals surface area (Å²) in [7, 11) is -1.56. The Balaban J connectivity index is 0.00000512. The van der Waals surface area contributed by atoms with Crippen LogP contribution in [0.3, 0.4) is 0 Å². The third kappa shape index (κ3) is 9.41. The third-order valence-corrected chi connectivity index (χ3v) is 5.94. The van der Waals surface area contributed by atoms with Gasteiger partial charge >= 0.3 is 0 Å². The molecule has 0 bridgehead atoms. The number of rotatable bonds is 10. The molecule has 2 N–H and O–H groups in total. The van der Waals surface area contributed by atoms with E-state index in [-0.39, 0.29) is 36.3 Å². The second-order valence-corrected chi connectivity index (χ2v) is 9.63. The van der Waals surface area contributed by atoms with Gasteiger partial charge in [0.2, 0.25) is 0 Å². The first-order chi connectivity index (χ1) is 14.8. The van der Waals surface area contributed by atoms with Gasteiger partial charge in [-0.2, -0.15) is 0 Å². The molecule has 0 saturated heterocycles. The van der Waals surface area contributed by atoms with Crippen LogP contribution in [-0.2, 0) is 35.2 Å². The van der Waals surface area contributed by atoms with Gasteiger partial charge in [-0.25, -0.2) is 12.8 Å². The van der Waals surface area contributed by atoms with Crippen LogP contribution in [0.25, 0.3) is 0 Å². The van der Waals surface area contributed by atoms with Crippen LogP contribution in [0.4, 0.5) is 4.39 Å². The number of aliphatic imine (C=N–C) groups is 1. The maximum Gasteiger partial charge on any atom is 0.191 e. The van der Waals surface area contributed by atoms with Crippen molar-refractivity contribution in [3.63, 3.8) is 0 Å². The van der Waals surface area contributed by atoms with Gasteiger partial charge in [0.1, 0.15) is 5.82 Å². The maximum absolute atomic E-state index is 13.7. The minimum Gasteiger partial charge on any atom is -0.352 e. The van der Waals surface area contributed by atoms with E-state index in [0.717, 1.165) is 19.6 Å². The van der Waals surface area contributed by atoms with Crippen molar-refractivity contribution in [3.05, 3.63) is 70.5 Å². The molecule has 32 heavy (non-hydrogen) atoms. The van der Waals surface area contributed by atoms with E-state index >= 15 is 0 Å². The van der Waals surface area contributed by atoms with E-state index in [0.29, 0.717) is 23.6 Å². The number of nitrogens with zero attached hydrogens (tertiary/aromatic N) is 2. The first-order valence-corrected chi connectivity index (χ1v) is 12.5. The summed E-state index contributed by atoms with van der Waals surface area (Å²) < 4.78 is 37.1. The van der Waals surface area contributed by atoms with Crippen LogP contribution >= 0.6 is 24.0 Å². The summed E-state index contributed by atoms with van der Waals surface area (Å²) in [5.41, 5.74) is 3.61. The largest absolute Gasteiger partial charge is 0.352 e. The highest BCUT2D eigenvalue weighted by Crippen LogP contribution is 2.15. The quantitative estimate of drug-likeness (QED) is 0.257. The van der Waals surface area contributed by atoms with E-state index < -0.39 is 15.7 Å². The van der Waals surface area contributed by atoms with Crippen LogP contribution in [0.2, 0.25) is 0 Å². The molecule has 2 aromatic rings. The molecule has 0 amide bonds. The fourth-order valence-electron chi connectivity index (χ4n) is 3.33. The summed E-state index contributed by atoms with van der Waals surface area (Å²) in [4.78, 5) is 6.60. The third-order valence-electron chi connectivity index (χ3n) is 5.11. The normalized spacial score (nSPS) is 11.9. The van der Waals surface area contributed by atoms with Crippen molar-refractivity contribution in [2.24, 2.45) is 4.99 Å². The fourth-order valence-corrected chi connectivity index (χ4v) is 4.18. The molecule has 0 saturated carbocycles. The lowest BCUT2D eigenvalue weighted by atomic mass is 10.1. The molecule has 0 radical (unpaired) electrons. The van der Waals surface area contributed by atoms with E-state index in [2.05, 4.69) is 46.5 Å². The van der Waals surface area contributed by atoms with Gasteiger partial charge in [0.15, 0.2) is 15.8 Å². The van der Waals surface area contributed by atoms with Gasteiger partial charge in [-0.1, -0.05) is 44.2 Å². The van der Waals surface area contributed by atoms with Gasteiger partial charge in [-0.3, -0.25) is 9.89 Å². The van der Waals surface area contributed by atoms with Crippen molar-refractivity contribution in [1.82, 2.24) is 15.5 Å². The minimum atomic E-state index is -3.22. The van der Waals surface area contributed by atoms with Crippen molar-refractivity contribution in [3.8, 4) is 0 Å². The van der Waals surface area contributed by atoms with Crippen LogP contribution in [0.1, 0.15) is 36.1 Å². The zero-order chi connectivity index (χ0) is 22.9. The molecule has 0 aliphatic rings. The number of hydrogen-bond donors (Lipinski definition) is 2. The molecule has 6 nitrogen and oxygen atoms in total. The molecule has 2 aromatic carbocycles. The summed E-state index contributed by atoms with van der Waals surface area (Å²) in [6.45, 7) is 8.03. The standard InChI is InChI=1S/C23H33FN4O2S.HI/c1-5-28(6-2)16-19-10-8-7-9-18(19)14-26-23(25-3)27-15-21-13-22(24)12-11-20(21)17-31(4,29)30;/h7-13H,5-6,14-17H2,1-4H3,(H2,25,26,27);1H. The highest BCUT2D eigenvalue weighted by Gasteiger charge is 2.12. The highest BCUT2D eigenvalue weighted by molar-refractivity contribution is 14.0. The maximum atomic E-state index is 13.7. The zero-order valence-corrected chi connectivity index (χ0v) is 22.3. The number of guanidine groups is 1. The SMILES string of the molecule is CCN(CC)Cc1ccccc1CNC(=NC)NCc1cc(F)ccc1CS(C)(=O)=O.I. The second-order valence-electron chi connectivity index (χ2n) is 7.49. The van der Waals surface area contributed by atoms with Gasteiger partial charge < -0.3 is 10.6 Å². The van der Waals surface area contributed by atoms with Crippen molar-refractivity contribution >= 4 is 39.8 Å². The van der Waals surface area contributed by atoms with E-state index in [9.17, 15) is 12.8 Å². The summed E-state index contributed by atoms with van der Waals surface area (Å²) in [6, 6.07) is 12.5. The van der Waals surface area contributed by atoms with E-state index in [1.807, 2.05) is 12.1 Å². The summed E-state index contributed by atoms with van der Waals surface area (Å²) in [5, 5.41) is 6.46. The Morgan fingerprint density at radius 3 is 2.12 bits per heavy atom. The lowest BCUT2D eigenvalue weighted by molar-refractivity contribution is 0.295. The minimum absolute atomic E-state index is 0. The van der Waals surface area contributed by atoms with Crippen molar-refractivity contribution < 1.29 is 12.8 Å². The van der Waals surface area contributed by atoms with Gasteiger partial charge in [0, 0.05) is 32.9 Å².